The standard InChI is InChI=1S/C24H27NO3/c1-5-8-18-15(3)9-7-10-22(18)25(16(4)26)21(6-2)20-13-19(17-11-12-17)23(27)14-24(20)28/h5-10,13-14,17,26-28H,4,11-12H2,1-3H3/b8-5-,21-6-. The molecule has 2 aromatic rings. The smallest absolute Gasteiger partial charge is 0.188 e. The van der Waals surface area contributed by atoms with E-state index < -0.39 is 0 Å². The van der Waals surface area contributed by atoms with Crippen LogP contribution in [-0.4, -0.2) is 15.3 Å². The molecule has 0 atom stereocenters. The van der Waals surface area contributed by atoms with Gasteiger partial charge in [-0.05, 0) is 69.4 Å². The molecule has 146 valence electrons. The molecule has 0 saturated heterocycles. The first-order valence-electron chi connectivity index (χ1n) is 9.51. The van der Waals surface area contributed by atoms with Gasteiger partial charge in [0.15, 0.2) is 5.88 Å². The van der Waals surface area contributed by atoms with Crippen molar-refractivity contribution in [1.82, 2.24) is 0 Å². The molecule has 0 bridgehead atoms. The van der Waals surface area contributed by atoms with Crippen molar-refractivity contribution in [3.8, 4) is 11.5 Å². The van der Waals surface area contributed by atoms with Gasteiger partial charge in [-0.1, -0.05) is 30.4 Å². The highest BCUT2D eigenvalue weighted by atomic mass is 16.3. The van der Waals surface area contributed by atoms with Gasteiger partial charge in [0.1, 0.15) is 11.5 Å². The second kappa shape index (κ2) is 7.85. The van der Waals surface area contributed by atoms with E-state index in [1.54, 1.807) is 4.90 Å². The highest BCUT2D eigenvalue weighted by molar-refractivity contribution is 5.88. The summed E-state index contributed by atoms with van der Waals surface area (Å²) in [6, 6.07) is 9.04. The fourth-order valence-corrected chi connectivity index (χ4v) is 3.58. The van der Waals surface area contributed by atoms with Crippen LogP contribution in [0.4, 0.5) is 5.69 Å². The van der Waals surface area contributed by atoms with Crippen molar-refractivity contribution < 1.29 is 15.3 Å². The molecule has 28 heavy (non-hydrogen) atoms. The Morgan fingerprint density at radius 1 is 1.14 bits per heavy atom. The predicted molar refractivity (Wildman–Crippen MR) is 116 cm³/mol. The summed E-state index contributed by atoms with van der Waals surface area (Å²) in [6.45, 7) is 9.56. The van der Waals surface area contributed by atoms with E-state index >= 15 is 0 Å². The lowest BCUT2D eigenvalue weighted by molar-refractivity contribution is 0.405. The molecule has 0 amide bonds. The molecule has 4 heteroatoms. The molecule has 0 spiro atoms. The van der Waals surface area contributed by atoms with E-state index in [1.807, 2.05) is 63.3 Å². The summed E-state index contributed by atoms with van der Waals surface area (Å²) in [6.07, 6.45) is 7.82. The number of phenols is 2. The van der Waals surface area contributed by atoms with Crippen molar-refractivity contribution in [2.45, 2.75) is 39.5 Å². The number of aromatic hydroxyl groups is 2. The Balaban J connectivity index is 2.19. The topological polar surface area (TPSA) is 63.9 Å². The molecule has 0 unspecified atom stereocenters. The van der Waals surface area contributed by atoms with Crippen molar-refractivity contribution in [3.63, 3.8) is 0 Å². The number of aryl methyl sites for hydroxylation is 1. The monoisotopic (exact) mass is 377 g/mol. The molecular weight excluding hydrogens is 350 g/mol. The van der Waals surface area contributed by atoms with Crippen LogP contribution < -0.4 is 4.90 Å². The summed E-state index contributed by atoms with van der Waals surface area (Å²) in [5.74, 6) is 0.242. The van der Waals surface area contributed by atoms with Gasteiger partial charge in [-0.3, -0.25) is 4.90 Å². The highest BCUT2D eigenvalue weighted by Gasteiger charge is 2.29. The lowest BCUT2D eigenvalue weighted by atomic mass is 9.99. The van der Waals surface area contributed by atoms with Crippen LogP contribution in [0, 0.1) is 6.92 Å². The summed E-state index contributed by atoms with van der Waals surface area (Å²) in [5, 5.41) is 31.3. The lowest BCUT2D eigenvalue weighted by Crippen LogP contribution is -2.21. The highest BCUT2D eigenvalue weighted by Crippen LogP contribution is 2.47. The van der Waals surface area contributed by atoms with E-state index in [2.05, 4.69) is 6.58 Å². The molecule has 1 saturated carbocycles. The summed E-state index contributed by atoms with van der Waals surface area (Å²) < 4.78 is 0. The van der Waals surface area contributed by atoms with E-state index in [9.17, 15) is 15.3 Å². The van der Waals surface area contributed by atoms with Crippen LogP contribution in [0.1, 0.15) is 54.9 Å². The number of aliphatic hydroxyl groups excluding tert-OH is 1. The minimum Gasteiger partial charge on any atom is -0.508 e. The number of benzene rings is 2. The van der Waals surface area contributed by atoms with E-state index in [4.69, 9.17) is 0 Å². The molecule has 3 rings (SSSR count). The first-order chi connectivity index (χ1) is 13.4. The number of nitrogens with zero attached hydrogens (tertiary/aromatic N) is 1. The zero-order valence-corrected chi connectivity index (χ0v) is 16.6. The molecule has 3 N–H and O–H groups in total. The Labute approximate surface area is 166 Å². The van der Waals surface area contributed by atoms with Gasteiger partial charge in [0.2, 0.25) is 0 Å². The fourth-order valence-electron chi connectivity index (χ4n) is 3.58. The molecule has 1 fully saturated rings. The quantitative estimate of drug-likeness (QED) is 0.523. The average molecular weight is 377 g/mol. The normalized spacial score (nSPS) is 14.5. The van der Waals surface area contributed by atoms with Crippen LogP contribution in [0.5, 0.6) is 11.5 Å². The SMILES string of the molecule is C=C(O)N(/C(=C\C)c1cc(C2CC2)c(O)cc1O)c1cccc(C)c1/C=C\C. The first kappa shape index (κ1) is 19.6. The maximum absolute atomic E-state index is 10.6. The van der Waals surface area contributed by atoms with Crippen molar-refractivity contribution in [2.24, 2.45) is 0 Å². The van der Waals surface area contributed by atoms with Crippen molar-refractivity contribution in [3.05, 3.63) is 77.2 Å². The van der Waals surface area contributed by atoms with Crippen LogP contribution in [0.2, 0.25) is 0 Å². The number of phenolic OH excluding ortho intramolecular Hbond substituents is 2. The minimum atomic E-state index is -0.148. The van der Waals surface area contributed by atoms with E-state index in [1.165, 1.54) is 6.07 Å². The molecule has 0 aliphatic heterocycles. The molecule has 0 aromatic heterocycles. The van der Waals surface area contributed by atoms with Gasteiger partial charge in [0, 0.05) is 17.2 Å². The van der Waals surface area contributed by atoms with Gasteiger partial charge in [-0.25, -0.2) is 0 Å². The Bertz CT molecular complexity index is 968. The number of aliphatic hydroxyl groups is 1. The van der Waals surface area contributed by atoms with Crippen LogP contribution in [0.25, 0.3) is 11.8 Å². The van der Waals surface area contributed by atoms with Gasteiger partial charge in [0.25, 0.3) is 0 Å². The van der Waals surface area contributed by atoms with Crippen molar-refractivity contribution in [2.75, 3.05) is 4.90 Å². The predicted octanol–water partition coefficient (Wildman–Crippen LogP) is 6.21. The number of allylic oxidation sites excluding steroid dienone is 2. The Kier molecular flexibility index (Phi) is 5.50. The summed E-state index contributed by atoms with van der Waals surface area (Å²) in [7, 11) is 0. The Hall–Kier alpha value is -3.14. The molecule has 1 aliphatic carbocycles. The van der Waals surface area contributed by atoms with E-state index in [0.717, 1.165) is 35.2 Å². The third-order valence-corrected chi connectivity index (χ3v) is 5.09. The maximum Gasteiger partial charge on any atom is 0.188 e. The summed E-state index contributed by atoms with van der Waals surface area (Å²) in [5.41, 5.74) is 4.76. The fraction of sp³-hybridized carbons (Fsp3) is 0.250. The van der Waals surface area contributed by atoms with E-state index in [0.29, 0.717) is 17.2 Å². The zero-order chi connectivity index (χ0) is 20.4. The number of hydrogen-bond acceptors (Lipinski definition) is 4. The minimum absolute atomic E-state index is 0.0403. The van der Waals surface area contributed by atoms with Gasteiger partial charge in [-0.15, -0.1) is 0 Å². The number of hydrogen-bond donors (Lipinski definition) is 3. The first-order valence-corrected chi connectivity index (χ1v) is 9.51. The molecule has 2 aromatic carbocycles. The molecule has 4 nitrogen and oxygen atoms in total. The van der Waals surface area contributed by atoms with Gasteiger partial charge in [-0.2, -0.15) is 0 Å². The van der Waals surface area contributed by atoms with Gasteiger partial charge in [0.05, 0.1) is 11.4 Å². The third kappa shape index (κ3) is 3.63. The molecule has 1 aliphatic rings. The maximum atomic E-state index is 10.6. The number of rotatable bonds is 6. The van der Waals surface area contributed by atoms with Crippen molar-refractivity contribution in [1.29, 1.82) is 0 Å². The third-order valence-electron chi connectivity index (χ3n) is 5.09. The lowest BCUT2D eigenvalue weighted by Gasteiger charge is -2.29. The second-order valence-corrected chi connectivity index (χ2v) is 7.14. The molecule has 0 heterocycles. The van der Waals surface area contributed by atoms with Gasteiger partial charge >= 0.3 is 0 Å². The van der Waals surface area contributed by atoms with Crippen LogP contribution in [0.3, 0.4) is 0 Å². The Morgan fingerprint density at radius 3 is 2.43 bits per heavy atom. The van der Waals surface area contributed by atoms with Crippen LogP contribution >= 0.6 is 0 Å². The largest absolute Gasteiger partial charge is 0.508 e. The Morgan fingerprint density at radius 2 is 1.86 bits per heavy atom. The zero-order valence-electron chi connectivity index (χ0n) is 16.6. The van der Waals surface area contributed by atoms with Crippen molar-refractivity contribution >= 4 is 17.5 Å². The van der Waals surface area contributed by atoms with Gasteiger partial charge < -0.3 is 15.3 Å². The van der Waals surface area contributed by atoms with E-state index in [-0.39, 0.29) is 17.4 Å². The molecule has 0 radical (unpaired) electrons. The second-order valence-electron chi connectivity index (χ2n) is 7.14. The van der Waals surface area contributed by atoms with Crippen LogP contribution in [-0.2, 0) is 0 Å². The van der Waals surface area contributed by atoms with Crippen LogP contribution in [0.15, 0.2) is 54.9 Å². The summed E-state index contributed by atoms with van der Waals surface area (Å²) in [4.78, 5) is 1.63. The average Bonchev–Trinajstić information content (AvgIpc) is 3.47. The summed E-state index contributed by atoms with van der Waals surface area (Å²) >= 11 is 0. The molecular formula is C24H27NO3. The number of anilines is 1.